The number of benzene rings is 4. The van der Waals surface area contributed by atoms with E-state index in [0.717, 1.165) is 51.6 Å². The number of carbonyl (C=O) groups is 1. The molecule has 0 radical (unpaired) electrons. The topological polar surface area (TPSA) is 32.8 Å². The van der Waals surface area contributed by atoms with Gasteiger partial charge >= 0.3 is 0 Å². The van der Waals surface area contributed by atoms with Gasteiger partial charge in [-0.15, -0.1) is 0 Å². The van der Waals surface area contributed by atoms with Gasteiger partial charge < -0.3 is 14.5 Å². The molecule has 5 rings (SSSR count). The summed E-state index contributed by atoms with van der Waals surface area (Å²) in [5.74, 6) is 0.974. The van der Waals surface area contributed by atoms with E-state index in [2.05, 4.69) is 47.4 Å². The van der Waals surface area contributed by atoms with Gasteiger partial charge in [-0.1, -0.05) is 54.6 Å². The Kier molecular flexibility index (Phi) is 4.75. The van der Waals surface area contributed by atoms with Crippen molar-refractivity contribution >= 4 is 33.1 Å². The van der Waals surface area contributed by atoms with Gasteiger partial charge in [0.25, 0.3) is 5.91 Å². The van der Waals surface area contributed by atoms with Gasteiger partial charge in [0.1, 0.15) is 5.75 Å². The summed E-state index contributed by atoms with van der Waals surface area (Å²) in [6.07, 6.45) is 0. The van der Waals surface area contributed by atoms with Crippen LogP contribution in [-0.2, 0) is 0 Å². The number of anilines is 1. The number of carbonyl (C=O) groups excluding carboxylic acids is 1. The van der Waals surface area contributed by atoms with E-state index in [1.807, 2.05) is 41.3 Å². The molecule has 1 fully saturated rings. The van der Waals surface area contributed by atoms with Crippen molar-refractivity contribution in [3.63, 3.8) is 0 Å². The third-order valence-electron chi connectivity index (χ3n) is 5.97. The molecule has 0 bridgehead atoms. The lowest BCUT2D eigenvalue weighted by molar-refractivity contribution is 0.0750. The Hall–Kier alpha value is -3.53. The fraction of sp³-hybridized carbons (Fsp3) is 0.192. The molecule has 4 aromatic carbocycles. The van der Waals surface area contributed by atoms with Gasteiger partial charge in [-0.3, -0.25) is 4.79 Å². The van der Waals surface area contributed by atoms with E-state index in [-0.39, 0.29) is 5.91 Å². The maximum absolute atomic E-state index is 13.7. The molecule has 0 aliphatic carbocycles. The Balaban J connectivity index is 1.45. The van der Waals surface area contributed by atoms with Crippen LogP contribution in [0, 0.1) is 0 Å². The van der Waals surface area contributed by atoms with Crippen molar-refractivity contribution in [3.8, 4) is 5.75 Å². The standard InChI is InChI=1S/C26H24N2O2/c1-30-22-10-6-9-21(18-22)27-13-15-28(16-14-27)26(29)25-23-11-4-2-7-19(23)17-20-8-3-5-12-24(20)25/h2-12,17-18H,13-16H2,1H3. The molecule has 150 valence electrons. The number of hydrogen-bond acceptors (Lipinski definition) is 3. The summed E-state index contributed by atoms with van der Waals surface area (Å²) >= 11 is 0. The predicted molar refractivity (Wildman–Crippen MR) is 123 cm³/mol. The SMILES string of the molecule is COc1cccc(N2CCN(C(=O)c3c4ccccc4cc4ccccc34)CC2)c1. The zero-order chi connectivity index (χ0) is 20.5. The molecule has 1 heterocycles. The molecular formula is C26H24N2O2. The van der Waals surface area contributed by atoms with Gasteiger partial charge in [0.15, 0.2) is 0 Å². The largest absolute Gasteiger partial charge is 0.497 e. The molecule has 1 aliphatic heterocycles. The third kappa shape index (κ3) is 3.24. The number of methoxy groups -OCH3 is 1. The molecule has 0 spiro atoms. The van der Waals surface area contributed by atoms with Crippen molar-refractivity contribution in [3.05, 3.63) is 84.4 Å². The first-order valence-corrected chi connectivity index (χ1v) is 10.3. The summed E-state index contributed by atoms with van der Waals surface area (Å²) < 4.78 is 5.35. The average molecular weight is 396 g/mol. The molecule has 1 saturated heterocycles. The van der Waals surface area contributed by atoms with E-state index >= 15 is 0 Å². The Labute approximate surface area is 176 Å². The molecule has 0 atom stereocenters. The number of hydrogen-bond donors (Lipinski definition) is 0. The number of rotatable bonds is 3. The van der Waals surface area contributed by atoms with Crippen LogP contribution in [0.4, 0.5) is 5.69 Å². The minimum Gasteiger partial charge on any atom is -0.497 e. The lowest BCUT2D eigenvalue weighted by Crippen LogP contribution is -2.48. The molecule has 0 saturated carbocycles. The van der Waals surface area contributed by atoms with Crippen LogP contribution in [0.1, 0.15) is 10.4 Å². The second kappa shape index (κ2) is 7.71. The second-order valence-corrected chi connectivity index (χ2v) is 7.67. The molecule has 0 unspecified atom stereocenters. The molecule has 30 heavy (non-hydrogen) atoms. The van der Waals surface area contributed by atoms with Crippen molar-refractivity contribution in [2.75, 3.05) is 38.2 Å². The molecule has 4 aromatic rings. The fourth-order valence-corrected chi connectivity index (χ4v) is 4.38. The minimum absolute atomic E-state index is 0.119. The number of fused-ring (bicyclic) bond motifs is 2. The van der Waals surface area contributed by atoms with Crippen LogP contribution in [0.2, 0.25) is 0 Å². The van der Waals surface area contributed by atoms with E-state index in [4.69, 9.17) is 4.74 Å². The first-order chi connectivity index (χ1) is 14.7. The molecule has 1 aliphatic rings. The van der Waals surface area contributed by atoms with Crippen LogP contribution in [0.5, 0.6) is 5.75 Å². The normalized spacial score (nSPS) is 14.3. The number of amides is 1. The first kappa shape index (κ1) is 18.5. The zero-order valence-corrected chi connectivity index (χ0v) is 17.0. The molecule has 1 amide bonds. The molecular weight excluding hydrogens is 372 g/mol. The van der Waals surface area contributed by atoms with Crippen LogP contribution in [-0.4, -0.2) is 44.1 Å². The van der Waals surface area contributed by atoms with Gasteiger partial charge in [-0.25, -0.2) is 0 Å². The van der Waals surface area contributed by atoms with E-state index in [1.54, 1.807) is 7.11 Å². The van der Waals surface area contributed by atoms with Crippen molar-refractivity contribution in [1.82, 2.24) is 4.90 Å². The Bertz CT molecular complexity index is 1170. The first-order valence-electron chi connectivity index (χ1n) is 10.3. The van der Waals surface area contributed by atoms with Crippen LogP contribution in [0.15, 0.2) is 78.9 Å². The monoisotopic (exact) mass is 396 g/mol. The summed E-state index contributed by atoms with van der Waals surface area (Å²) in [6.45, 7) is 3.02. The van der Waals surface area contributed by atoms with Crippen LogP contribution >= 0.6 is 0 Å². The van der Waals surface area contributed by atoms with Crippen molar-refractivity contribution < 1.29 is 9.53 Å². The zero-order valence-electron chi connectivity index (χ0n) is 17.0. The van der Waals surface area contributed by atoms with Crippen LogP contribution < -0.4 is 9.64 Å². The Morgan fingerprint density at radius 2 is 1.40 bits per heavy atom. The quantitative estimate of drug-likeness (QED) is 0.459. The second-order valence-electron chi connectivity index (χ2n) is 7.67. The highest BCUT2D eigenvalue weighted by Crippen LogP contribution is 2.30. The highest BCUT2D eigenvalue weighted by Gasteiger charge is 2.25. The summed E-state index contributed by atoms with van der Waals surface area (Å²) in [6, 6.07) is 26.6. The van der Waals surface area contributed by atoms with Crippen molar-refractivity contribution in [2.45, 2.75) is 0 Å². The summed E-state index contributed by atoms with van der Waals surface area (Å²) in [7, 11) is 1.68. The summed E-state index contributed by atoms with van der Waals surface area (Å²) in [4.78, 5) is 18.0. The summed E-state index contributed by atoms with van der Waals surface area (Å²) in [5, 5.41) is 4.26. The van der Waals surface area contributed by atoms with Crippen molar-refractivity contribution in [1.29, 1.82) is 0 Å². The Morgan fingerprint density at radius 3 is 2.03 bits per heavy atom. The van der Waals surface area contributed by atoms with Crippen LogP contribution in [0.25, 0.3) is 21.5 Å². The van der Waals surface area contributed by atoms with Gasteiger partial charge in [-0.05, 0) is 39.7 Å². The number of nitrogens with zero attached hydrogens (tertiary/aromatic N) is 2. The van der Waals surface area contributed by atoms with E-state index in [9.17, 15) is 4.79 Å². The summed E-state index contributed by atoms with van der Waals surface area (Å²) in [5.41, 5.74) is 1.95. The molecule has 4 heteroatoms. The highest BCUT2D eigenvalue weighted by atomic mass is 16.5. The maximum Gasteiger partial charge on any atom is 0.255 e. The molecule has 4 nitrogen and oxygen atoms in total. The lowest BCUT2D eigenvalue weighted by Gasteiger charge is -2.36. The average Bonchev–Trinajstić information content (AvgIpc) is 2.82. The highest BCUT2D eigenvalue weighted by molar-refractivity contribution is 6.18. The van der Waals surface area contributed by atoms with E-state index in [1.165, 1.54) is 0 Å². The smallest absolute Gasteiger partial charge is 0.255 e. The van der Waals surface area contributed by atoms with E-state index < -0.39 is 0 Å². The van der Waals surface area contributed by atoms with Gasteiger partial charge in [0, 0.05) is 37.9 Å². The molecule has 0 N–H and O–H groups in total. The Morgan fingerprint density at radius 1 is 0.767 bits per heavy atom. The lowest BCUT2D eigenvalue weighted by atomic mass is 9.95. The van der Waals surface area contributed by atoms with E-state index in [0.29, 0.717) is 13.1 Å². The molecule has 0 aromatic heterocycles. The van der Waals surface area contributed by atoms with Crippen LogP contribution in [0.3, 0.4) is 0 Å². The fourth-order valence-electron chi connectivity index (χ4n) is 4.38. The van der Waals surface area contributed by atoms with Gasteiger partial charge in [0.05, 0.1) is 12.7 Å². The number of ether oxygens (including phenoxy) is 1. The third-order valence-corrected chi connectivity index (χ3v) is 5.97. The number of piperazine rings is 1. The minimum atomic E-state index is 0.119. The predicted octanol–water partition coefficient (Wildman–Crippen LogP) is 4.96. The van der Waals surface area contributed by atoms with Gasteiger partial charge in [-0.2, -0.15) is 0 Å². The maximum atomic E-state index is 13.7. The van der Waals surface area contributed by atoms with Crippen molar-refractivity contribution in [2.24, 2.45) is 0 Å². The van der Waals surface area contributed by atoms with Gasteiger partial charge in [0.2, 0.25) is 0 Å².